The van der Waals surface area contributed by atoms with E-state index in [2.05, 4.69) is 21.1 Å². The molecule has 4 aliphatic heterocycles. The summed E-state index contributed by atoms with van der Waals surface area (Å²) in [6.07, 6.45) is 8.72. The number of terminal acetylenes is 1. The molecule has 4 aliphatic rings. The van der Waals surface area contributed by atoms with Crippen LogP contribution in [0, 0.1) is 34.1 Å². The molecule has 8 rings (SSSR count). The Hall–Kier alpha value is -4.47. The minimum absolute atomic E-state index is 0.0797. The van der Waals surface area contributed by atoms with Gasteiger partial charge in [0.05, 0.1) is 27.0 Å². The highest BCUT2D eigenvalue weighted by atomic mass is 19.1. The van der Waals surface area contributed by atoms with Gasteiger partial charge in [0, 0.05) is 55.2 Å². The molecule has 0 saturated carbocycles. The van der Waals surface area contributed by atoms with Crippen molar-refractivity contribution < 1.29 is 22.8 Å². The van der Waals surface area contributed by atoms with Gasteiger partial charge in [-0.2, -0.15) is 9.97 Å². The molecular formula is C34H31F3N6O3. The summed E-state index contributed by atoms with van der Waals surface area (Å²) in [5.74, 6) is 1.03. The lowest BCUT2D eigenvalue weighted by atomic mass is 9.92. The summed E-state index contributed by atoms with van der Waals surface area (Å²) in [6.45, 7) is 2.43. The van der Waals surface area contributed by atoms with E-state index >= 15 is 4.39 Å². The molecule has 0 radical (unpaired) electrons. The molecule has 4 atom stereocenters. The number of aromatic nitrogens is 2. The van der Waals surface area contributed by atoms with E-state index in [1.165, 1.54) is 24.3 Å². The van der Waals surface area contributed by atoms with Crippen molar-refractivity contribution in [1.82, 2.24) is 20.2 Å². The Morgan fingerprint density at radius 3 is 2.72 bits per heavy atom. The van der Waals surface area contributed by atoms with E-state index < -0.39 is 34.0 Å². The minimum Gasteiger partial charge on any atom is -0.461 e. The Morgan fingerprint density at radius 2 is 1.96 bits per heavy atom. The summed E-state index contributed by atoms with van der Waals surface area (Å²) in [5.41, 5.74) is -1.53. The SMILES string of the molecule is C#Cc1c(F)ccc2cccc(-c3c([N+](=O)[O-])cc4c(N5C[C@H]6CC[C@@H](C5)N6)nc(OC[C@@]56CCCN5C[C@H](F)C6)nc4c3F)c12. The maximum atomic E-state index is 17.1. The van der Waals surface area contributed by atoms with Gasteiger partial charge in [0.15, 0.2) is 5.82 Å². The molecule has 5 heterocycles. The number of alkyl halides is 1. The first kappa shape index (κ1) is 29.0. The Kier molecular flexibility index (Phi) is 6.81. The fourth-order valence-corrected chi connectivity index (χ4v) is 8.20. The first-order valence-corrected chi connectivity index (χ1v) is 15.6. The van der Waals surface area contributed by atoms with Crippen LogP contribution in [0.4, 0.5) is 24.7 Å². The fraction of sp³-hybridized carbons (Fsp3) is 0.412. The second-order valence-corrected chi connectivity index (χ2v) is 12.9. The minimum atomic E-state index is -0.958. The first-order chi connectivity index (χ1) is 22.2. The number of nitro benzene ring substituents is 1. The number of anilines is 1. The number of halogens is 3. The van der Waals surface area contributed by atoms with Crippen molar-refractivity contribution in [3.8, 4) is 29.5 Å². The van der Waals surface area contributed by atoms with Crippen molar-refractivity contribution in [2.24, 2.45) is 0 Å². The van der Waals surface area contributed by atoms with Gasteiger partial charge in [0.25, 0.3) is 5.69 Å². The number of hydrogen-bond acceptors (Lipinski definition) is 8. The van der Waals surface area contributed by atoms with Crippen LogP contribution in [0.3, 0.4) is 0 Å². The third-order valence-corrected chi connectivity index (χ3v) is 10.2. The summed E-state index contributed by atoms with van der Waals surface area (Å²) in [7, 11) is 0. The van der Waals surface area contributed by atoms with Crippen LogP contribution in [-0.2, 0) is 0 Å². The van der Waals surface area contributed by atoms with Crippen LogP contribution in [0.1, 0.15) is 37.7 Å². The lowest BCUT2D eigenvalue weighted by molar-refractivity contribution is -0.384. The lowest BCUT2D eigenvalue weighted by Gasteiger charge is -2.34. The molecule has 0 aliphatic carbocycles. The normalized spacial score (nSPS) is 25.7. The van der Waals surface area contributed by atoms with E-state index in [1.807, 2.05) is 4.90 Å². The molecule has 3 aromatic carbocycles. The number of nitrogens with zero attached hydrogens (tertiary/aromatic N) is 5. The highest BCUT2D eigenvalue weighted by Gasteiger charge is 2.49. The van der Waals surface area contributed by atoms with E-state index in [4.69, 9.17) is 16.1 Å². The largest absolute Gasteiger partial charge is 0.461 e. The monoisotopic (exact) mass is 628 g/mol. The standard InChI is InChI=1S/C34H31F3N6O3/c1-2-23-26(36)10-7-19-5-3-6-24(28(19)23)29-27(43(44)45)13-25-31(30(29)37)39-33(40-32(25)41-16-21-8-9-22(17-41)38-21)46-18-34-11-4-12-42(34)15-20(35)14-34/h1,3,5-7,10,13,20-22,38H,4,8-9,11-12,14-18H2/t20-,21-,22+,34+/m1/s1. The van der Waals surface area contributed by atoms with Crippen LogP contribution in [0.25, 0.3) is 32.8 Å². The number of hydrogen-bond donors (Lipinski definition) is 1. The molecule has 1 N–H and O–H groups in total. The van der Waals surface area contributed by atoms with Crippen molar-refractivity contribution in [3.63, 3.8) is 0 Å². The Balaban J connectivity index is 1.33. The third kappa shape index (κ3) is 4.55. The highest BCUT2D eigenvalue weighted by Crippen LogP contribution is 2.45. The molecule has 46 heavy (non-hydrogen) atoms. The Bertz CT molecular complexity index is 1950. The number of benzene rings is 3. The number of nitrogens with one attached hydrogen (secondary N) is 1. The molecule has 2 bridgehead atoms. The number of piperazine rings is 1. The predicted octanol–water partition coefficient (Wildman–Crippen LogP) is 5.51. The van der Waals surface area contributed by atoms with Crippen molar-refractivity contribution >= 4 is 33.2 Å². The number of ether oxygens (including phenoxy) is 1. The molecule has 9 nitrogen and oxygen atoms in total. The van der Waals surface area contributed by atoms with Gasteiger partial charge in [-0.3, -0.25) is 15.0 Å². The van der Waals surface area contributed by atoms with Crippen molar-refractivity contribution in [2.75, 3.05) is 37.7 Å². The Labute approximate surface area is 262 Å². The molecular weight excluding hydrogens is 597 g/mol. The van der Waals surface area contributed by atoms with Crippen LogP contribution in [0.15, 0.2) is 36.4 Å². The van der Waals surface area contributed by atoms with Gasteiger partial charge in [-0.25, -0.2) is 13.2 Å². The molecule has 1 aromatic heterocycles. The van der Waals surface area contributed by atoms with Gasteiger partial charge in [-0.05, 0) is 43.7 Å². The quantitative estimate of drug-likeness (QED) is 0.170. The summed E-state index contributed by atoms with van der Waals surface area (Å²) in [6, 6.07) is 9.14. The molecule has 12 heteroatoms. The first-order valence-electron chi connectivity index (χ1n) is 15.6. The van der Waals surface area contributed by atoms with Crippen LogP contribution < -0.4 is 15.0 Å². The highest BCUT2D eigenvalue weighted by molar-refractivity contribution is 6.06. The van der Waals surface area contributed by atoms with E-state index in [1.54, 1.807) is 12.1 Å². The Morgan fingerprint density at radius 1 is 1.15 bits per heavy atom. The second-order valence-electron chi connectivity index (χ2n) is 12.9. The van der Waals surface area contributed by atoms with Crippen LogP contribution in [-0.4, -0.2) is 76.4 Å². The van der Waals surface area contributed by atoms with E-state index in [9.17, 15) is 18.9 Å². The number of fused-ring (bicyclic) bond motifs is 5. The number of nitro groups is 1. The zero-order valence-electron chi connectivity index (χ0n) is 24.9. The molecule has 236 valence electrons. The zero-order chi connectivity index (χ0) is 31.7. The van der Waals surface area contributed by atoms with Gasteiger partial charge >= 0.3 is 6.01 Å². The maximum Gasteiger partial charge on any atom is 0.319 e. The average Bonchev–Trinajstić information content (AvgIpc) is 3.69. The van der Waals surface area contributed by atoms with Gasteiger partial charge in [-0.15, -0.1) is 6.42 Å². The predicted molar refractivity (Wildman–Crippen MR) is 168 cm³/mol. The molecule has 0 unspecified atom stereocenters. The van der Waals surface area contributed by atoms with Crippen LogP contribution in [0.5, 0.6) is 6.01 Å². The molecule has 4 fully saturated rings. The summed E-state index contributed by atoms with van der Waals surface area (Å²) in [4.78, 5) is 25.3. The van der Waals surface area contributed by atoms with Crippen molar-refractivity contribution in [2.45, 2.75) is 55.9 Å². The van der Waals surface area contributed by atoms with Gasteiger partial charge in [0.2, 0.25) is 0 Å². The molecule has 4 aromatic rings. The zero-order valence-corrected chi connectivity index (χ0v) is 24.9. The average molecular weight is 629 g/mol. The van der Waals surface area contributed by atoms with Gasteiger partial charge in [0.1, 0.15) is 29.9 Å². The van der Waals surface area contributed by atoms with E-state index in [0.29, 0.717) is 37.3 Å². The lowest BCUT2D eigenvalue weighted by Crippen LogP contribution is -2.51. The number of rotatable bonds is 6. The van der Waals surface area contributed by atoms with Crippen molar-refractivity contribution in [3.05, 3.63) is 63.7 Å². The van der Waals surface area contributed by atoms with Crippen LogP contribution in [0.2, 0.25) is 0 Å². The third-order valence-electron chi connectivity index (χ3n) is 10.2. The second kappa shape index (κ2) is 10.8. The molecule has 0 amide bonds. The molecule has 4 saturated heterocycles. The van der Waals surface area contributed by atoms with Gasteiger partial charge in [-0.1, -0.05) is 30.2 Å². The summed E-state index contributed by atoms with van der Waals surface area (Å²) in [5, 5.41) is 17.0. The molecule has 0 spiro atoms. The van der Waals surface area contributed by atoms with E-state index in [-0.39, 0.29) is 57.7 Å². The van der Waals surface area contributed by atoms with Crippen molar-refractivity contribution in [1.29, 1.82) is 0 Å². The fourth-order valence-electron chi connectivity index (χ4n) is 8.20. The summed E-state index contributed by atoms with van der Waals surface area (Å²) < 4.78 is 52.6. The smallest absolute Gasteiger partial charge is 0.319 e. The maximum absolute atomic E-state index is 17.1. The van der Waals surface area contributed by atoms with Gasteiger partial charge < -0.3 is 15.0 Å². The van der Waals surface area contributed by atoms with Crippen LogP contribution >= 0.6 is 0 Å². The van der Waals surface area contributed by atoms with E-state index in [0.717, 1.165) is 32.2 Å². The topological polar surface area (TPSA) is 96.7 Å². The summed E-state index contributed by atoms with van der Waals surface area (Å²) >= 11 is 0.